The fourth-order valence-electron chi connectivity index (χ4n) is 0.871. The highest BCUT2D eigenvalue weighted by Crippen LogP contribution is 2.14. The second kappa shape index (κ2) is 6.24. The number of nitrogens with zero attached hydrogens (tertiary/aromatic N) is 1. The van der Waals surface area contributed by atoms with Crippen molar-refractivity contribution in [3.05, 3.63) is 29.0 Å². The van der Waals surface area contributed by atoms with E-state index in [2.05, 4.69) is 4.98 Å². The van der Waals surface area contributed by atoms with Gasteiger partial charge in [0.2, 0.25) is 0 Å². The summed E-state index contributed by atoms with van der Waals surface area (Å²) < 4.78 is 0. The minimum absolute atomic E-state index is 0.260. The maximum absolute atomic E-state index is 8.56. The van der Waals surface area contributed by atoms with E-state index in [0.717, 1.165) is 28.6 Å². The summed E-state index contributed by atoms with van der Waals surface area (Å²) in [5, 5.41) is 9.29. The summed E-state index contributed by atoms with van der Waals surface area (Å²) in [7, 11) is 0. The fraction of sp³-hybridized carbons (Fsp3) is 0.444. The van der Waals surface area contributed by atoms with Crippen molar-refractivity contribution in [3.8, 4) is 0 Å². The van der Waals surface area contributed by atoms with E-state index in [1.165, 1.54) is 0 Å². The highest BCUT2D eigenvalue weighted by atomic mass is 35.5. The van der Waals surface area contributed by atoms with Crippen LogP contribution in [0.5, 0.6) is 0 Å². The molecule has 0 atom stereocenters. The van der Waals surface area contributed by atoms with Gasteiger partial charge in [-0.2, -0.15) is 11.8 Å². The van der Waals surface area contributed by atoms with Gasteiger partial charge >= 0.3 is 0 Å². The van der Waals surface area contributed by atoms with Gasteiger partial charge in [-0.15, -0.1) is 0 Å². The fourth-order valence-corrected chi connectivity index (χ4v) is 1.90. The van der Waals surface area contributed by atoms with Crippen LogP contribution in [0, 0.1) is 0 Å². The van der Waals surface area contributed by atoms with E-state index in [4.69, 9.17) is 16.7 Å². The Balaban J connectivity index is 2.28. The van der Waals surface area contributed by atoms with E-state index >= 15 is 0 Å². The molecule has 1 N–H and O–H groups in total. The molecule has 0 aliphatic rings. The molecule has 0 fully saturated rings. The van der Waals surface area contributed by atoms with Crippen LogP contribution >= 0.6 is 23.4 Å². The average molecular weight is 218 g/mol. The Kier molecular flexibility index (Phi) is 5.20. The zero-order valence-electron chi connectivity index (χ0n) is 7.24. The van der Waals surface area contributed by atoms with Gasteiger partial charge in [0, 0.05) is 23.6 Å². The summed E-state index contributed by atoms with van der Waals surface area (Å²) >= 11 is 7.55. The van der Waals surface area contributed by atoms with E-state index in [1.54, 1.807) is 24.0 Å². The molecule has 0 spiro atoms. The number of aromatic nitrogens is 1. The van der Waals surface area contributed by atoms with Gasteiger partial charge < -0.3 is 5.11 Å². The number of hydrogen-bond donors (Lipinski definition) is 1. The Bertz CT molecular complexity index is 257. The van der Waals surface area contributed by atoms with E-state index in [-0.39, 0.29) is 6.61 Å². The average Bonchev–Trinajstić information content (AvgIpc) is 2.13. The van der Waals surface area contributed by atoms with Crippen LogP contribution in [-0.2, 0) is 5.75 Å². The quantitative estimate of drug-likeness (QED) is 0.769. The largest absolute Gasteiger partial charge is 0.396 e. The molecule has 0 amide bonds. The normalized spacial score (nSPS) is 10.3. The zero-order valence-corrected chi connectivity index (χ0v) is 8.81. The van der Waals surface area contributed by atoms with Crippen LogP contribution in [0.15, 0.2) is 18.3 Å². The molecule has 0 aliphatic carbocycles. The van der Waals surface area contributed by atoms with Gasteiger partial charge in [0.15, 0.2) is 0 Å². The highest BCUT2D eigenvalue weighted by molar-refractivity contribution is 7.98. The molecule has 4 heteroatoms. The van der Waals surface area contributed by atoms with Gasteiger partial charge in [0.25, 0.3) is 0 Å². The molecule has 1 rings (SSSR count). The molecule has 0 unspecified atom stereocenters. The second-order valence-electron chi connectivity index (χ2n) is 2.60. The predicted octanol–water partition coefficient (Wildman–Crippen LogP) is 2.35. The summed E-state index contributed by atoms with van der Waals surface area (Å²) in [5.41, 5.74) is 0.996. The third kappa shape index (κ3) is 4.50. The van der Waals surface area contributed by atoms with Crippen molar-refractivity contribution >= 4 is 23.4 Å². The smallest absolute Gasteiger partial charge is 0.0517 e. The predicted molar refractivity (Wildman–Crippen MR) is 57.1 cm³/mol. The Morgan fingerprint density at radius 1 is 1.54 bits per heavy atom. The number of thioether (sulfide) groups is 1. The third-order valence-electron chi connectivity index (χ3n) is 1.48. The maximum Gasteiger partial charge on any atom is 0.0517 e. The first kappa shape index (κ1) is 10.8. The molecule has 0 saturated carbocycles. The molecule has 1 aromatic rings. The minimum atomic E-state index is 0.260. The lowest BCUT2D eigenvalue weighted by molar-refractivity contribution is 0.296. The molecule has 2 nitrogen and oxygen atoms in total. The van der Waals surface area contributed by atoms with Crippen molar-refractivity contribution < 1.29 is 5.11 Å². The lowest BCUT2D eigenvalue weighted by Gasteiger charge is -2.00. The summed E-state index contributed by atoms with van der Waals surface area (Å²) in [6, 6.07) is 3.64. The van der Waals surface area contributed by atoms with Crippen LogP contribution in [-0.4, -0.2) is 22.5 Å². The zero-order chi connectivity index (χ0) is 9.52. The molecule has 72 valence electrons. The molecule has 0 radical (unpaired) electrons. The molecular formula is C9H12ClNOS. The van der Waals surface area contributed by atoms with Gasteiger partial charge in [-0.1, -0.05) is 11.6 Å². The topological polar surface area (TPSA) is 33.1 Å². The number of halogens is 1. The molecule has 0 aliphatic heterocycles. The highest BCUT2D eigenvalue weighted by Gasteiger charge is 1.95. The van der Waals surface area contributed by atoms with Crippen LogP contribution in [0.1, 0.15) is 12.1 Å². The van der Waals surface area contributed by atoms with Gasteiger partial charge in [-0.05, 0) is 24.3 Å². The first-order chi connectivity index (χ1) is 6.33. The monoisotopic (exact) mass is 217 g/mol. The van der Waals surface area contributed by atoms with Crippen molar-refractivity contribution in [1.82, 2.24) is 4.98 Å². The van der Waals surface area contributed by atoms with Crippen LogP contribution < -0.4 is 0 Å². The van der Waals surface area contributed by atoms with E-state index in [0.29, 0.717) is 0 Å². The SMILES string of the molecule is OCCCSCc1cc(Cl)ccn1. The third-order valence-corrected chi connectivity index (χ3v) is 2.79. The van der Waals surface area contributed by atoms with Gasteiger partial charge in [-0.25, -0.2) is 0 Å². The van der Waals surface area contributed by atoms with E-state index in [9.17, 15) is 0 Å². The summed E-state index contributed by atoms with van der Waals surface area (Å²) in [5.74, 6) is 1.82. The molecular weight excluding hydrogens is 206 g/mol. The summed E-state index contributed by atoms with van der Waals surface area (Å²) in [4.78, 5) is 4.17. The van der Waals surface area contributed by atoms with Crippen molar-refractivity contribution in [2.45, 2.75) is 12.2 Å². The molecule has 13 heavy (non-hydrogen) atoms. The Labute approximate surface area is 87.3 Å². The van der Waals surface area contributed by atoms with Gasteiger partial charge in [0.05, 0.1) is 5.69 Å². The standard InChI is InChI=1S/C9H12ClNOS/c10-8-2-3-11-9(6-8)7-13-5-1-4-12/h2-3,6,12H,1,4-5,7H2. The molecule has 1 aromatic heterocycles. The van der Waals surface area contributed by atoms with Crippen LogP contribution in [0.4, 0.5) is 0 Å². The van der Waals surface area contributed by atoms with E-state index in [1.807, 2.05) is 6.07 Å². The van der Waals surface area contributed by atoms with Crippen molar-refractivity contribution in [2.75, 3.05) is 12.4 Å². The van der Waals surface area contributed by atoms with Gasteiger partial charge in [0.1, 0.15) is 0 Å². The van der Waals surface area contributed by atoms with Crippen LogP contribution in [0.25, 0.3) is 0 Å². The van der Waals surface area contributed by atoms with Gasteiger partial charge in [-0.3, -0.25) is 4.98 Å². The first-order valence-electron chi connectivity index (χ1n) is 4.12. The van der Waals surface area contributed by atoms with Crippen molar-refractivity contribution in [3.63, 3.8) is 0 Å². The minimum Gasteiger partial charge on any atom is -0.396 e. The first-order valence-corrected chi connectivity index (χ1v) is 5.65. The van der Waals surface area contributed by atoms with Crippen LogP contribution in [0.3, 0.4) is 0 Å². The Morgan fingerprint density at radius 2 is 2.38 bits per heavy atom. The lowest BCUT2D eigenvalue weighted by atomic mass is 10.4. The molecule has 0 saturated heterocycles. The molecule has 1 heterocycles. The maximum atomic E-state index is 8.56. The van der Waals surface area contributed by atoms with Crippen LogP contribution in [0.2, 0.25) is 5.02 Å². The second-order valence-corrected chi connectivity index (χ2v) is 4.14. The number of rotatable bonds is 5. The number of pyridine rings is 1. The molecule has 0 bridgehead atoms. The van der Waals surface area contributed by atoms with E-state index < -0.39 is 0 Å². The van der Waals surface area contributed by atoms with Crippen molar-refractivity contribution in [2.24, 2.45) is 0 Å². The van der Waals surface area contributed by atoms with Crippen molar-refractivity contribution in [1.29, 1.82) is 0 Å². The number of aliphatic hydroxyl groups excluding tert-OH is 1. The summed E-state index contributed by atoms with van der Waals surface area (Å²) in [6.07, 6.45) is 2.55. The molecule has 0 aromatic carbocycles. The Morgan fingerprint density at radius 3 is 3.08 bits per heavy atom. The Hall–Kier alpha value is -0.250. The summed E-state index contributed by atoms with van der Waals surface area (Å²) in [6.45, 7) is 0.260. The number of hydrogen-bond acceptors (Lipinski definition) is 3. The number of aliphatic hydroxyl groups is 1. The lowest BCUT2D eigenvalue weighted by Crippen LogP contribution is -1.89.